The molecule has 0 fully saturated rings. The van der Waals surface area contributed by atoms with Crippen LogP contribution in [0.1, 0.15) is 17.7 Å². The molecule has 20 heteroatoms. The van der Waals surface area contributed by atoms with E-state index in [0.717, 1.165) is 6.92 Å². The van der Waals surface area contributed by atoms with Gasteiger partial charge in [0.25, 0.3) is 31.0 Å². The van der Waals surface area contributed by atoms with Crippen LogP contribution >= 0.6 is 0 Å². The molecule has 0 radical (unpaired) electrons. The molecule has 0 aliphatic rings. The summed E-state index contributed by atoms with van der Waals surface area (Å²) in [6.07, 6.45) is 0. The Hall–Kier alpha value is -3.03. The summed E-state index contributed by atoms with van der Waals surface area (Å²) in [5.41, 5.74) is -19.0. The number of hydrogen-bond acceptors (Lipinski definition) is 10. The molecule has 0 amide bonds. The second-order valence-corrected chi connectivity index (χ2v) is 9.43. The van der Waals surface area contributed by atoms with E-state index in [1.54, 1.807) is 0 Å². The number of carbonyl (C=O) groups excluding carboxylic acids is 1. The number of esters is 1. The molecule has 12 nitrogen and oxygen atoms in total. The normalized spacial score (nSPS) is 14.0. The fourth-order valence-electron chi connectivity index (χ4n) is 2.21. The Kier molecular flexibility index (Phi) is 7.16. The van der Waals surface area contributed by atoms with Crippen molar-refractivity contribution in [2.45, 2.75) is 28.1 Å². The number of nitro benzene ring substituents is 2. The van der Waals surface area contributed by atoms with Gasteiger partial charge in [0.15, 0.2) is 0 Å². The first-order valence-electron chi connectivity index (χ1n) is 7.46. The third-order valence-electron chi connectivity index (χ3n) is 3.51. The minimum absolute atomic E-state index is 0.552. The lowest BCUT2D eigenvalue weighted by Gasteiger charge is -2.19. The minimum Gasteiger partial charge on any atom is -0.465 e. The molecule has 0 saturated carbocycles. The molecule has 0 heterocycles. The first-order valence-corrected chi connectivity index (χ1v) is 10.5. The molecule has 1 rings (SSSR count). The largest absolute Gasteiger partial charge is 0.501 e. The maximum atomic E-state index is 13.1. The standard InChI is InChI=1S/C12H8F6N2O10S2/c1-2-30-10(21)9(32(28,29)12(16,17)18)8-6(19(22)23)3-5(4-7(8)20(24)25)31(26,27)11(13,14)15/h3-4,9H,2H2,1H3. The number of halogens is 6. The number of nitro groups is 2. The number of rotatable bonds is 7. The second kappa shape index (κ2) is 8.48. The van der Waals surface area contributed by atoms with Crippen LogP contribution < -0.4 is 0 Å². The van der Waals surface area contributed by atoms with Crippen LogP contribution in [0.4, 0.5) is 37.7 Å². The third kappa shape index (κ3) is 4.74. The van der Waals surface area contributed by atoms with Gasteiger partial charge in [-0.05, 0) is 6.92 Å². The van der Waals surface area contributed by atoms with Crippen molar-refractivity contribution in [2.24, 2.45) is 0 Å². The molecule has 1 aromatic carbocycles. The molecule has 32 heavy (non-hydrogen) atoms. The van der Waals surface area contributed by atoms with Gasteiger partial charge in [0.2, 0.25) is 5.25 Å². The van der Waals surface area contributed by atoms with Gasteiger partial charge in [-0.1, -0.05) is 0 Å². The van der Waals surface area contributed by atoms with Crippen LogP contribution in [-0.2, 0) is 29.2 Å². The summed E-state index contributed by atoms with van der Waals surface area (Å²) >= 11 is 0. The molecule has 0 spiro atoms. The van der Waals surface area contributed by atoms with E-state index in [9.17, 15) is 68.2 Å². The van der Waals surface area contributed by atoms with E-state index in [-0.39, 0.29) is 0 Å². The van der Waals surface area contributed by atoms with E-state index in [1.807, 2.05) is 0 Å². The van der Waals surface area contributed by atoms with Crippen molar-refractivity contribution in [2.75, 3.05) is 6.61 Å². The highest BCUT2D eigenvalue weighted by Gasteiger charge is 2.59. The Bertz CT molecular complexity index is 1140. The van der Waals surface area contributed by atoms with E-state index in [4.69, 9.17) is 0 Å². The molecule has 0 N–H and O–H groups in total. The smallest absolute Gasteiger partial charge is 0.465 e. The molecule has 0 aliphatic carbocycles. The van der Waals surface area contributed by atoms with Crippen LogP contribution in [-0.4, -0.2) is 50.3 Å². The van der Waals surface area contributed by atoms with Crippen molar-refractivity contribution in [3.05, 3.63) is 37.9 Å². The quantitative estimate of drug-likeness (QED) is 0.225. The summed E-state index contributed by atoms with van der Waals surface area (Å²) in [5.74, 6) is -2.39. The zero-order valence-corrected chi connectivity index (χ0v) is 16.6. The molecule has 1 atom stereocenters. The molecular formula is C12H8F6N2O10S2. The molecule has 0 aliphatic heterocycles. The van der Waals surface area contributed by atoms with E-state index < -0.39 is 92.3 Å². The zero-order chi connectivity index (χ0) is 25.4. The molecule has 180 valence electrons. The predicted molar refractivity (Wildman–Crippen MR) is 87.3 cm³/mol. The van der Waals surface area contributed by atoms with Crippen molar-refractivity contribution < 1.29 is 62.6 Å². The number of benzene rings is 1. The Morgan fingerprint density at radius 3 is 1.66 bits per heavy atom. The van der Waals surface area contributed by atoms with E-state index in [2.05, 4.69) is 4.74 Å². The fraction of sp³-hybridized carbons (Fsp3) is 0.417. The maximum Gasteiger partial charge on any atom is 0.501 e. The van der Waals surface area contributed by atoms with Gasteiger partial charge < -0.3 is 4.74 Å². The second-order valence-electron chi connectivity index (χ2n) is 5.46. The highest BCUT2D eigenvalue weighted by atomic mass is 32.2. The summed E-state index contributed by atoms with van der Waals surface area (Å²) in [5, 5.41) is 18.7. The molecule has 0 saturated heterocycles. The van der Waals surface area contributed by atoms with Gasteiger partial charge >= 0.3 is 17.0 Å². The predicted octanol–water partition coefficient (Wildman–Crippen LogP) is 2.34. The summed E-state index contributed by atoms with van der Waals surface area (Å²) in [4.78, 5) is 28.6. The third-order valence-corrected chi connectivity index (χ3v) is 6.67. The average Bonchev–Trinajstić information content (AvgIpc) is 2.59. The number of ether oxygens (including phenoxy) is 1. The lowest BCUT2D eigenvalue weighted by atomic mass is 10.1. The Labute approximate surface area is 172 Å². The minimum atomic E-state index is -6.86. The van der Waals surface area contributed by atoms with Crippen molar-refractivity contribution >= 4 is 37.0 Å². The number of alkyl halides is 6. The van der Waals surface area contributed by atoms with Gasteiger partial charge in [0.1, 0.15) is 5.56 Å². The highest BCUT2D eigenvalue weighted by Crippen LogP contribution is 2.46. The van der Waals surface area contributed by atoms with Gasteiger partial charge in [-0.15, -0.1) is 0 Å². The lowest BCUT2D eigenvalue weighted by molar-refractivity contribution is -0.395. The first kappa shape index (κ1) is 27.0. The van der Waals surface area contributed by atoms with Gasteiger partial charge in [-0.2, -0.15) is 26.3 Å². The van der Waals surface area contributed by atoms with Gasteiger partial charge in [-0.25, -0.2) is 16.8 Å². The Morgan fingerprint density at radius 2 is 1.38 bits per heavy atom. The number of hydrogen-bond donors (Lipinski definition) is 0. The lowest BCUT2D eigenvalue weighted by Crippen LogP contribution is -2.35. The molecule has 0 aromatic heterocycles. The molecule has 1 unspecified atom stereocenters. The summed E-state index contributed by atoms with van der Waals surface area (Å²) < 4.78 is 128. The average molecular weight is 518 g/mol. The first-order chi connectivity index (χ1) is 14.2. The topological polar surface area (TPSA) is 181 Å². The van der Waals surface area contributed by atoms with Gasteiger partial charge in [-0.3, -0.25) is 25.0 Å². The Balaban J connectivity index is 4.28. The van der Waals surface area contributed by atoms with Crippen molar-refractivity contribution in [1.82, 2.24) is 0 Å². The molecular weight excluding hydrogens is 510 g/mol. The maximum absolute atomic E-state index is 13.1. The van der Waals surface area contributed by atoms with Gasteiger partial charge in [0.05, 0.1) is 21.3 Å². The summed E-state index contributed by atoms with van der Waals surface area (Å²) in [6, 6.07) is -1.10. The van der Waals surface area contributed by atoms with Crippen molar-refractivity contribution in [1.29, 1.82) is 0 Å². The van der Waals surface area contributed by atoms with Crippen LogP contribution in [0.2, 0.25) is 0 Å². The van der Waals surface area contributed by atoms with Crippen molar-refractivity contribution in [3.63, 3.8) is 0 Å². The van der Waals surface area contributed by atoms with E-state index in [0.29, 0.717) is 0 Å². The fourth-order valence-corrected chi connectivity index (χ4v) is 4.15. The van der Waals surface area contributed by atoms with E-state index >= 15 is 0 Å². The van der Waals surface area contributed by atoms with Crippen molar-refractivity contribution in [3.8, 4) is 0 Å². The Morgan fingerprint density at radius 1 is 0.969 bits per heavy atom. The monoisotopic (exact) mass is 518 g/mol. The zero-order valence-electron chi connectivity index (χ0n) is 15.0. The SMILES string of the molecule is CCOC(=O)C(c1c([N+](=O)[O-])cc(S(=O)(=O)C(F)(F)F)cc1[N+](=O)[O-])S(=O)(=O)C(F)(F)F. The molecule has 0 bridgehead atoms. The highest BCUT2D eigenvalue weighted by molar-refractivity contribution is 7.93. The molecule has 1 aromatic rings. The summed E-state index contributed by atoms with van der Waals surface area (Å²) in [6.45, 7) is 0.141. The van der Waals surface area contributed by atoms with E-state index in [1.165, 1.54) is 0 Å². The van der Waals surface area contributed by atoms with Crippen LogP contribution in [0, 0.1) is 20.2 Å². The van der Waals surface area contributed by atoms with Crippen LogP contribution in [0.5, 0.6) is 0 Å². The van der Waals surface area contributed by atoms with Crippen LogP contribution in [0.15, 0.2) is 17.0 Å². The number of carbonyl (C=O) groups is 1. The number of nitrogens with zero attached hydrogens (tertiary/aromatic N) is 2. The number of sulfone groups is 2. The van der Waals surface area contributed by atoms with Crippen LogP contribution in [0.25, 0.3) is 0 Å². The summed E-state index contributed by atoms with van der Waals surface area (Å²) in [7, 11) is -13.4. The van der Waals surface area contributed by atoms with Crippen LogP contribution in [0.3, 0.4) is 0 Å². The van der Waals surface area contributed by atoms with Gasteiger partial charge in [0, 0.05) is 12.1 Å².